The molecule has 0 saturated carbocycles. The Balaban J connectivity index is 2.41. The number of nitrogens with zero attached hydrogens (tertiary/aromatic N) is 1. The summed E-state index contributed by atoms with van der Waals surface area (Å²) in [6, 6.07) is 9.20. The van der Waals surface area contributed by atoms with E-state index in [-0.39, 0.29) is 18.6 Å². The number of nitriles is 1. The zero-order valence-corrected chi connectivity index (χ0v) is 10.3. The minimum atomic E-state index is -0.239. The van der Waals surface area contributed by atoms with Gasteiger partial charge in [-0.25, -0.2) is 0 Å². The third-order valence-corrected chi connectivity index (χ3v) is 2.31. The smallest absolute Gasteiger partial charge is 0.257 e. The van der Waals surface area contributed by atoms with Crippen LogP contribution in [-0.2, 0) is 4.79 Å². The molecule has 18 heavy (non-hydrogen) atoms. The number of hydrogen-bond acceptors (Lipinski definition) is 4. The van der Waals surface area contributed by atoms with Gasteiger partial charge in [0.15, 0.2) is 6.61 Å². The molecule has 0 radical (unpaired) electrons. The maximum atomic E-state index is 11.3. The van der Waals surface area contributed by atoms with Crippen molar-refractivity contribution in [2.75, 3.05) is 13.2 Å². The Morgan fingerprint density at radius 2 is 2.39 bits per heavy atom. The van der Waals surface area contributed by atoms with Gasteiger partial charge in [0.25, 0.3) is 5.91 Å². The largest absolute Gasteiger partial charge is 0.484 e. The second-order valence-corrected chi connectivity index (χ2v) is 3.91. The minimum Gasteiger partial charge on any atom is -0.484 e. The van der Waals surface area contributed by atoms with Crippen LogP contribution in [0.15, 0.2) is 24.3 Å². The lowest BCUT2D eigenvalue weighted by Gasteiger charge is -2.09. The second-order valence-electron chi connectivity index (χ2n) is 3.91. The summed E-state index contributed by atoms with van der Waals surface area (Å²) in [5, 5.41) is 10.9. The Morgan fingerprint density at radius 3 is 3.06 bits per heavy atom. The van der Waals surface area contributed by atoms with Crippen LogP contribution in [0, 0.1) is 11.3 Å². The number of nitrogens with one attached hydrogen (secondary N) is 1. The fourth-order valence-corrected chi connectivity index (χ4v) is 1.35. The summed E-state index contributed by atoms with van der Waals surface area (Å²) in [7, 11) is 0. The molecule has 1 aromatic carbocycles. The van der Waals surface area contributed by atoms with Crippen molar-refractivity contribution >= 4 is 5.91 Å². The molecule has 0 aliphatic heterocycles. The van der Waals surface area contributed by atoms with Crippen molar-refractivity contribution in [2.45, 2.75) is 19.4 Å². The molecule has 1 amide bonds. The van der Waals surface area contributed by atoms with Crippen LogP contribution in [-0.4, -0.2) is 19.1 Å². The molecule has 1 rings (SSSR count). The monoisotopic (exact) mass is 247 g/mol. The van der Waals surface area contributed by atoms with E-state index in [0.29, 0.717) is 18.7 Å². The standard InChI is InChI=1S/C13H17N3O2/c1-10(15)11-4-2-5-12(8-11)18-9-13(17)16-7-3-6-14/h2,4-5,8,10H,3,7,9,15H2,1H3,(H,16,17)/t10-/m1/s1. The van der Waals surface area contributed by atoms with Crippen LogP contribution < -0.4 is 15.8 Å². The molecule has 96 valence electrons. The van der Waals surface area contributed by atoms with Crippen LogP contribution in [0.3, 0.4) is 0 Å². The molecule has 0 aliphatic carbocycles. The Hall–Kier alpha value is -2.06. The molecule has 0 fully saturated rings. The number of benzene rings is 1. The summed E-state index contributed by atoms with van der Waals surface area (Å²) in [5.41, 5.74) is 6.71. The molecule has 5 heteroatoms. The third-order valence-electron chi connectivity index (χ3n) is 2.31. The molecule has 0 heterocycles. The lowest BCUT2D eigenvalue weighted by Crippen LogP contribution is -2.29. The van der Waals surface area contributed by atoms with E-state index < -0.39 is 0 Å². The van der Waals surface area contributed by atoms with E-state index in [1.807, 2.05) is 31.2 Å². The fourth-order valence-electron chi connectivity index (χ4n) is 1.35. The second kappa shape index (κ2) is 7.30. The van der Waals surface area contributed by atoms with Crippen molar-refractivity contribution in [2.24, 2.45) is 5.73 Å². The summed E-state index contributed by atoms with van der Waals surface area (Å²) in [6.07, 6.45) is 0.298. The Labute approximate surface area is 107 Å². The van der Waals surface area contributed by atoms with Crippen molar-refractivity contribution in [1.82, 2.24) is 5.32 Å². The van der Waals surface area contributed by atoms with Crippen molar-refractivity contribution < 1.29 is 9.53 Å². The van der Waals surface area contributed by atoms with E-state index in [0.717, 1.165) is 5.56 Å². The van der Waals surface area contributed by atoms with Gasteiger partial charge in [-0.1, -0.05) is 12.1 Å². The van der Waals surface area contributed by atoms with Gasteiger partial charge in [0.2, 0.25) is 0 Å². The van der Waals surface area contributed by atoms with E-state index in [4.69, 9.17) is 15.7 Å². The van der Waals surface area contributed by atoms with Gasteiger partial charge < -0.3 is 15.8 Å². The Bertz CT molecular complexity index is 438. The van der Waals surface area contributed by atoms with E-state index in [1.165, 1.54) is 0 Å². The van der Waals surface area contributed by atoms with Crippen LogP contribution >= 0.6 is 0 Å². The molecule has 3 N–H and O–H groups in total. The van der Waals surface area contributed by atoms with Crippen LogP contribution in [0.4, 0.5) is 0 Å². The van der Waals surface area contributed by atoms with Crippen LogP contribution in [0.5, 0.6) is 5.75 Å². The lowest BCUT2D eigenvalue weighted by atomic mass is 10.1. The zero-order valence-electron chi connectivity index (χ0n) is 10.3. The van der Waals surface area contributed by atoms with Gasteiger partial charge in [-0.3, -0.25) is 4.79 Å². The first kappa shape index (κ1) is 14.0. The van der Waals surface area contributed by atoms with Crippen LogP contribution in [0.25, 0.3) is 0 Å². The molecule has 0 unspecified atom stereocenters. The van der Waals surface area contributed by atoms with Gasteiger partial charge in [-0.2, -0.15) is 5.26 Å². The van der Waals surface area contributed by atoms with Crippen molar-refractivity contribution in [1.29, 1.82) is 5.26 Å². The highest BCUT2D eigenvalue weighted by atomic mass is 16.5. The summed E-state index contributed by atoms with van der Waals surface area (Å²) in [6.45, 7) is 2.17. The van der Waals surface area contributed by atoms with Gasteiger partial charge in [0.05, 0.1) is 12.5 Å². The molecule has 0 spiro atoms. The average molecular weight is 247 g/mol. The molecule has 1 aromatic rings. The molecular formula is C13H17N3O2. The molecule has 5 nitrogen and oxygen atoms in total. The van der Waals surface area contributed by atoms with E-state index in [1.54, 1.807) is 6.07 Å². The van der Waals surface area contributed by atoms with E-state index >= 15 is 0 Å². The minimum absolute atomic E-state index is 0.0617. The maximum Gasteiger partial charge on any atom is 0.257 e. The first-order chi connectivity index (χ1) is 8.63. The van der Waals surface area contributed by atoms with Gasteiger partial charge in [0.1, 0.15) is 5.75 Å². The van der Waals surface area contributed by atoms with Crippen molar-refractivity contribution in [3.8, 4) is 11.8 Å². The normalized spacial score (nSPS) is 11.4. The lowest BCUT2D eigenvalue weighted by molar-refractivity contribution is -0.123. The summed E-state index contributed by atoms with van der Waals surface area (Å²) < 4.78 is 5.34. The highest BCUT2D eigenvalue weighted by Crippen LogP contribution is 2.17. The zero-order chi connectivity index (χ0) is 13.4. The van der Waals surface area contributed by atoms with Gasteiger partial charge >= 0.3 is 0 Å². The molecule has 0 bridgehead atoms. The molecule has 0 aromatic heterocycles. The predicted octanol–water partition coefficient (Wildman–Crippen LogP) is 1.11. The number of amides is 1. The quantitative estimate of drug-likeness (QED) is 0.737. The maximum absolute atomic E-state index is 11.3. The van der Waals surface area contributed by atoms with Crippen LogP contribution in [0.1, 0.15) is 24.9 Å². The summed E-state index contributed by atoms with van der Waals surface area (Å²) in [4.78, 5) is 11.3. The SMILES string of the molecule is C[C@@H](N)c1cccc(OCC(=O)NCCC#N)c1. The number of rotatable bonds is 6. The van der Waals surface area contributed by atoms with Crippen molar-refractivity contribution in [3.05, 3.63) is 29.8 Å². The van der Waals surface area contributed by atoms with Crippen LogP contribution in [0.2, 0.25) is 0 Å². The highest BCUT2D eigenvalue weighted by Gasteiger charge is 2.04. The molecule has 0 aliphatic rings. The Kier molecular flexibility index (Phi) is 5.68. The number of carbonyl (C=O) groups is 1. The number of nitrogens with two attached hydrogens (primary N) is 1. The average Bonchev–Trinajstić information content (AvgIpc) is 2.37. The summed E-state index contributed by atoms with van der Waals surface area (Å²) in [5.74, 6) is 0.372. The van der Waals surface area contributed by atoms with Gasteiger partial charge in [-0.05, 0) is 24.6 Å². The highest BCUT2D eigenvalue weighted by molar-refractivity contribution is 5.77. The molecule has 0 saturated heterocycles. The first-order valence-corrected chi connectivity index (χ1v) is 5.75. The molecular weight excluding hydrogens is 230 g/mol. The topological polar surface area (TPSA) is 88.1 Å². The van der Waals surface area contributed by atoms with Gasteiger partial charge in [-0.15, -0.1) is 0 Å². The van der Waals surface area contributed by atoms with Gasteiger partial charge in [0, 0.05) is 12.6 Å². The number of ether oxygens (including phenoxy) is 1. The number of carbonyl (C=O) groups excluding carboxylic acids is 1. The number of hydrogen-bond donors (Lipinski definition) is 2. The van der Waals surface area contributed by atoms with E-state index in [9.17, 15) is 4.79 Å². The summed E-state index contributed by atoms with van der Waals surface area (Å²) >= 11 is 0. The van der Waals surface area contributed by atoms with E-state index in [2.05, 4.69) is 5.32 Å². The third kappa shape index (κ3) is 4.85. The fraction of sp³-hybridized carbons (Fsp3) is 0.385. The predicted molar refractivity (Wildman–Crippen MR) is 67.8 cm³/mol. The van der Waals surface area contributed by atoms with Crippen molar-refractivity contribution in [3.63, 3.8) is 0 Å². The Morgan fingerprint density at radius 1 is 1.61 bits per heavy atom. The first-order valence-electron chi connectivity index (χ1n) is 5.75. The molecule has 1 atom stereocenters.